The number of carbonyl (C=O) groups excluding carboxylic acids is 2. The van der Waals surface area contributed by atoms with Crippen LogP contribution in [0.3, 0.4) is 0 Å². The molecule has 1 aliphatic carbocycles. The Kier molecular flexibility index (Phi) is 7.99. The van der Waals surface area contributed by atoms with Crippen molar-refractivity contribution in [3.05, 3.63) is 123 Å². The van der Waals surface area contributed by atoms with Gasteiger partial charge in [0.25, 0.3) is 11.8 Å². The second kappa shape index (κ2) is 11.8. The van der Waals surface area contributed by atoms with Crippen molar-refractivity contribution in [2.24, 2.45) is 11.7 Å². The maximum atomic E-state index is 13.7. The number of hydrogen-bond donors (Lipinski definition) is 2. The molecule has 0 saturated heterocycles. The zero-order chi connectivity index (χ0) is 32.0. The summed E-state index contributed by atoms with van der Waals surface area (Å²) in [4.78, 5) is 31.8. The van der Waals surface area contributed by atoms with Gasteiger partial charge in [-0.2, -0.15) is 0 Å². The van der Waals surface area contributed by atoms with E-state index in [-0.39, 0.29) is 35.9 Å². The van der Waals surface area contributed by atoms with Crippen molar-refractivity contribution in [3.8, 4) is 11.1 Å². The van der Waals surface area contributed by atoms with Gasteiger partial charge in [0, 0.05) is 12.0 Å². The van der Waals surface area contributed by atoms with E-state index in [1.165, 1.54) is 18.2 Å². The number of pyridine rings is 1. The van der Waals surface area contributed by atoms with E-state index < -0.39 is 23.1 Å². The molecule has 1 aromatic heterocycles. The molecule has 2 aliphatic rings. The molecule has 232 valence electrons. The first-order valence-electron chi connectivity index (χ1n) is 15.1. The van der Waals surface area contributed by atoms with E-state index >= 15 is 0 Å². The Balaban J connectivity index is 1.41. The molecule has 6 nitrogen and oxygen atoms in total. The molecule has 0 fully saturated rings. The summed E-state index contributed by atoms with van der Waals surface area (Å²) in [6.07, 6.45) is 1.98. The SMILES string of the molecule is CC(C)Cc1nc2c(c(-c3ccc4c(c3)CC[C@@H]4OCc3ccc(F)c(F)c3)c1C(N)=O)C(=O)N[C@]2(C)Cc1ccc(F)cc1. The number of primary amides is 1. The Bertz CT molecular complexity index is 1820. The first-order valence-corrected chi connectivity index (χ1v) is 15.1. The summed E-state index contributed by atoms with van der Waals surface area (Å²) in [5, 5.41) is 3.10. The van der Waals surface area contributed by atoms with Crippen LogP contribution in [0.15, 0.2) is 60.7 Å². The number of aryl methyl sites for hydroxylation is 1. The molecule has 6 rings (SSSR count). The van der Waals surface area contributed by atoms with Crippen LogP contribution in [0.5, 0.6) is 0 Å². The van der Waals surface area contributed by atoms with Crippen LogP contribution in [-0.4, -0.2) is 16.8 Å². The second-order valence-corrected chi connectivity index (χ2v) is 12.6. The molecule has 9 heteroatoms. The summed E-state index contributed by atoms with van der Waals surface area (Å²) < 4.78 is 46.8. The van der Waals surface area contributed by atoms with Crippen molar-refractivity contribution < 1.29 is 27.5 Å². The van der Waals surface area contributed by atoms with Crippen LogP contribution in [0.25, 0.3) is 11.1 Å². The van der Waals surface area contributed by atoms with Crippen LogP contribution in [0.2, 0.25) is 0 Å². The van der Waals surface area contributed by atoms with Crippen molar-refractivity contribution in [3.63, 3.8) is 0 Å². The zero-order valence-corrected chi connectivity index (χ0v) is 25.3. The van der Waals surface area contributed by atoms with Gasteiger partial charge in [-0.3, -0.25) is 14.6 Å². The summed E-state index contributed by atoms with van der Waals surface area (Å²) >= 11 is 0. The van der Waals surface area contributed by atoms with Crippen molar-refractivity contribution in [1.82, 2.24) is 10.3 Å². The Morgan fingerprint density at radius 3 is 2.44 bits per heavy atom. The number of aromatic nitrogens is 1. The van der Waals surface area contributed by atoms with Crippen molar-refractivity contribution >= 4 is 11.8 Å². The topological polar surface area (TPSA) is 94.3 Å². The van der Waals surface area contributed by atoms with E-state index in [0.29, 0.717) is 59.3 Å². The Hall–Kier alpha value is -4.50. The van der Waals surface area contributed by atoms with Gasteiger partial charge in [-0.15, -0.1) is 0 Å². The van der Waals surface area contributed by atoms with E-state index in [2.05, 4.69) is 5.32 Å². The molecule has 2 amide bonds. The lowest BCUT2D eigenvalue weighted by atomic mass is 9.84. The van der Waals surface area contributed by atoms with Gasteiger partial charge in [0.15, 0.2) is 11.6 Å². The number of nitrogens with two attached hydrogens (primary N) is 1. The number of nitrogens with zero attached hydrogens (tertiary/aromatic N) is 1. The van der Waals surface area contributed by atoms with Crippen molar-refractivity contribution in [2.75, 3.05) is 0 Å². The largest absolute Gasteiger partial charge is 0.369 e. The molecule has 45 heavy (non-hydrogen) atoms. The van der Waals surface area contributed by atoms with Gasteiger partial charge < -0.3 is 15.8 Å². The average molecular weight is 614 g/mol. The maximum absolute atomic E-state index is 13.7. The highest BCUT2D eigenvalue weighted by atomic mass is 19.2. The smallest absolute Gasteiger partial charge is 0.254 e. The summed E-state index contributed by atoms with van der Waals surface area (Å²) in [6, 6.07) is 15.6. The molecule has 1 aliphatic heterocycles. The van der Waals surface area contributed by atoms with Crippen LogP contribution >= 0.6 is 0 Å². The summed E-state index contributed by atoms with van der Waals surface area (Å²) in [7, 11) is 0. The normalized spacial score (nSPS) is 18.6. The summed E-state index contributed by atoms with van der Waals surface area (Å²) in [5.74, 6) is -3.04. The number of rotatable bonds is 9. The van der Waals surface area contributed by atoms with E-state index in [1.54, 1.807) is 12.1 Å². The fourth-order valence-corrected chi connectivity index (χ4v) is 6.59. The fraction of sp³-hybridized carbons (Fsp3) is 0.306. The first kappa shape index (κ1) is 30.5. The number of nitrogens with one attached hydrogen (secondary N) is 1. The molecule has 0 spiro atoms. The number of benzene rings is 3. The highest BCUT2D eigenvalue weighted by Crippen LogP contribution is 2.43. The van der Waals surface area contributed by atoms with E-state index in [1.807, 2.05) is 39.0 Å². The fourth-order valence-electron chi connectivity index (χ4n) is 6.59. The van der Waals surface area contributed by atoms with Gasteiger partial charge in [-0.05, 0) is 84.2 Å². The van der Waals surface area contributed by atoms with Gasteiger partial charge >= 0.3 is 0 Å². The van der Waals surface area contributed by atoms with Gasteiger partial charge in [0.2, 0.25) is 0 Å². The lowest BCUT2D eigenvalue weighted by Crippen LogP contribution is -2.39. The number of fused-ring (bicyclic) bond motifs is 2. The number of hydrogen-bond acceptors (Lipinski definition) is 4. The van der Waals surface area contributed by atoms with E-state index in [9.17, 15) is 22.8 Å². The van der Waals surface area contributed by atoms with Crippen LogP contribution in [0, 0.1) is 23.4 Å². The van der Waals surface area contributed by atoms with E-state index in [4.69, 9.17) is 15.5 Å². The molecule has 0 unspecified atom stereocenters. The van der Waals surface area contributed by atoms with Gasteiger partial charge in [0.05, 0.1) is 40.8 Å². The van der Waals surface area contributed by atoms with Gasteiger partial charge in [-0.1, -0.05) is 50.2 Å². The third-order valence-corrected chi connectivity index (χ3v) is 8.62. The number of amides is 2. The van der Waals surface area contributed by atoms with Crippen molar-refractivity contribution in [2.45, 2.75) is 64.7 Å². The lowest BCUT2D eigenvalue weighted by Gasteiger charge is -2.26. The highest BCUT2D eigenvalue weighted by molar-refractivity contribution is 6.12. The highest BCUT2D eigenvalue weighted by Gasteiger charge is 2.44. The van der Waals surface area contributed by atoms with Crippen LogP contribution in [0.1, 0.15) is 87.7 Å². The third-order valence-electron chi connectivity index (χ3n) is 8.62. The van der Waals surface area contributed by atoms with Gasteiger partial charge in [-0.25, -0.2) is 13.2 Å². The molecule has 0 bridgehead atoms. The van der Waals surface area contributed by atoms with Crippen LogP contribution in [-0.2, 0) is 36.1 Å². The average Bonchev–Trinajstić information content (AvgIpc) is 3.50. The number of carbonyl (C=O) groups is 2. The van der Waals surface area contributed by atoms with Crippen molar-refractivity contribution in [1.29, 1.82) is 0 Å². The molecule has 0 radical (unpaired) electrons. The first-order chi connectivity index (χ1) is 21.4. The Morgan fingerprint density at radius 2 is 1.76 bits per heavy atom. The Labute approximate surface area is 259 Å². The molecule has 3 aromatic carbocycles. The predicted octanol–water partition coefficient (Wildman–Crippen LogP) is 6.87. The molecule has 2 atom stereocenters. The predicted molar refractivity (Wildman–Crippen MR) is 164 cm³/mol. The standard InChI is InChI=1S/C36H34F3N3O3/c1-19(2)14-28-31(34(40)43)30(32-33(41-28)36(3,42-35(32)44)17-20-4-9-24(37)10-5-20)23-7-11-25-22(16-23)8-13-29(25)45-18-21-6-12-26(38)27(39)15-21/h4-7,9-12,15-16,19,29H,8,13-14,17-18H2,1-3H3,(H2,40,43)(H,42,44)/t29-,36+/m0/s1. The van der Waals surface area contributed by atoms with Crippen LogP contribution in [0.4, 0.5) is 13.2 Å². The van der Waals surface area contributed by atoms with Crippen LogP contribution < -0.4 is 11.1 Å². The summed E-state index contributed by atoms with van der Waals surface area (Å²) in [6.45, 7) is 6.06. The zero-order valence-electron chi connectivity index (χ0n) is 25.3. The molecular weight excluding hydrogens is 579 g/mol. The minimum absolute atomic E-state index is 0.123. The number of ether oxygens (including phenoxy) is 1. The summed E-state index contributed by atoms with van der Waals surface area (Å²) in [5.41, 5.74) is 11.1. The quantitative estimate of drug-likeness (QED) is 0.216. The molecular formula is C36H34F3N3O3. The number of halogens is 3. The second-order valence-electron chi connectivity index (χ2n) is 12.6. The molecule has 4 aromatic rings. The molecule has 2 heterocycles. The Morgan fingerprint density at radius 1 is 1.02 bits per heavy atom. The maximum Gasteiger partial charge on any atom is 0.254 e. The van der Waals surface area contributed by atoms with Gasteiger partial charge in [0.1, 0.15) is 5.82 Å². The monoisotopic (exact) mass is 613 g/mol. The third kappa shape index (κ3) is 5.84. The minimum atomic E-state index is -0.919. The minimum Gasteiger partial charge on any atom is -0.369 e. The molecule has 0 saturated carbocycles. The van der Waals surface area contributed by atoms with E-state index in [0.717, 1.165) is 28.8 Å². The lowest BCUT2D eigenvalue weighted by molar-refractivity contribution is 0.0409. The molecule has 3 N–H and O–H groups in total.